The fraction of sp³-hybridized carbons (Fsp3) is 0.571. The first-order valence-electron chi connectivity index (χ1n) is 6.70. The smallest absolute Gasteiger partial charge is 0.0657 e. The van der Waals surface area contributed by atoms with Gasteiger partial charge < -0.3 is 16.0 Å². The van der Waals surface area contributed by atoms with Gasteiger partial charge in [0.1, 0.15) is 0 Å². The van der Waals surface area contributed by atoms with Crippen LogP contribution in [0.4, 0.5) is 11.4 Å². The van der Waals surface area contributed by atoms with Crippen molar-refractivity contribution in [2.75, 3.05) is 37.2 Å². The van der Waals surface area contributed by atoms with E-state index in [0.29, 0.717) is 10.7 Å². The molecule has 1 fully saturated rings. The highest BCUT2D eigenvalue weighted by Gasteiger charge is 2.17. The Bertz CT molecular complexity index is 387. The summed E-state index contributed by atoms with van der Waals surface area (Å²) < 4.78 is 0. The first kappa shape index (κ1) is 13.5. The van der Waals surface area contributed by atoms with Crippen molar-refractivity contribution in [2.45, 2.75) is 19.8 Å². The molecule has 4 heteroatoms. The van der Waals surface area contributed by atoms with Crippen LogP contribution in [0.1, 0.15) is 19.8 Å². The van der Waals surface area contributed by atoms with E-state index in [1.807, 2.05) is 12.1 Å². The molecule has 3 N–H and O–H groups in total. The van der Waals surface area contributed by atoms with E-state index in [0.717, 1.165) is 18.2 Å². The maximum Gasteiger partial charge on any atom is 0.0657 e. The fourth-order valence-electron chi connectivity index (χ4n) is 2.44. The van der Waals surface area contributed by atoms with Crippen molar-refractivity contribution in [3.05, 3.63) is 23.2 Å². The van der Waals surface area contributed by atoms with Gasteiger partial charge in [-0.2, -0.15) is 0 Å². The zero-order valence-electron chi connectivity index (χ0n) is 11.0. The normalized spacial score (nSPS) is 17.9. The number of anilines is 2. The SMILES string of the molecule is CCN1CCC(CNc2ccc(N)cc2Cl)CC1. The number of nitrogens with zero attached hydrogens (tertiary/aromatic N) is 1. The van der Waals surface area contributed by atoms with E-state index >= 15 is 0 Å². The molecule has 100 valence electrons. The predicted octanol–water partition coefficient (Wildman–Crippen LogP) is 3.07. The zero-order chi connectivity index (χ0) is 13.0. The van der Waals surface area contributed by atoms with Gasteiger partial charge in [0.05, 0.1) is 10.7 Å². The highest BCUT2D eigenvalue weighted by atomic mass is 35.5. The van der Waals surface area contributed by atoms with Crippen LogP contribution < -0.4 is 11.1 Å². The Morgan fingerprint density at radius 1 is 1.39 bits per heavy atom. The van der Waals surface area contributed by atoms with Crippen molar-refractivity contribution >= 4 is 23.0 Å². The number of benzene rings is 1. The molecule has 1 aromatic rings. The summed E-state index contributed by atoms with van der Waals surface area (Å²) in [6.07, 6.45) is 2.54. The van der Waals surface area contributed by atoms with E-state index in [2.05, 4.69) is 17.1 Å². The van der Waals surface area contributed by atoms with Gasteiger partial charge in [0.25, 0.3) is 0 Å². The Labute approximate surface area is 114 Å². The number of nitrogens with two attached hydrogens (primary N) is 1. The van der Waals surface area contributed by atoms with E-state index in [4.69, 9.17) is 17.3 Å². The van der Waals surface area contributed by atoms with Gasteiger partial charge in [-0.25, -0.2) is 0 Å². The standard InChI is InChI=1S/C14H22ClN3/c1-2-18-7-5-11(6-8-18)10-17-14-4-3-12(16)9-13(14)15/h3-4,9,11,17H,2,5-8,10,16H2,1H3. The number of nitrogens with one attached hydrogen (secondary N) is 1. The molecule has 3 nitrogen and oxygen atoms in total. The minimum Gasteiger partial charge on any atom is -0.399 e. The van der Waals surface area contributed by atoms with Crippen molar-refractivity contribution in [3.63, 3.8) is 0 Å². The van der Waals surface area contributed by atoms with Crippen molar-refractivity contribution in [3.8, 4) is 0 Å². The summed E-state index contributed by atoms with van der Waals surface area (Å²) in [5.74, 6) is 0.751. The van der Waals surface area contributed by atoms with Crippen LogP contribution in [0.2, 0.25) is 5.02 Å². The first-order chi connectivity index (χ1) is 8.69. The monoisotopic (exact) mass is 267 g/mol. The maximum atomic E-state index is 6.14. The molecule has 1 aliphatic rings. The quantitative estimate of drug-likeness (QED) is 0.824. The van der Waals surface area contributed by atoms with Crippen LogP contribution >= 0.6 is 11.6 Å². The van der Waals surface area contributed by atoms with Crippen LogP contribution in [0.15, 0.2) is 18.2 Å². The average Bonchev–Trinajstić information content (AvgIpc) is 2.38. The second kappa shape index (κ2) is 6.30. The lowest BCUT2D eigenvalue weighted by molar-refractivity contribution is 0.198. The first-order valence-corrected chi connectivity index (χ1v) is 7.08. The Balaban J connectivity index is 1.81. The molecule has 0 unspecified atom stereocenters. The number of hydrogen-bond donors (Lipinski definition) is 2. The van der Waals surface area contributed by atoms with Crippen LogP contribution in [-0.2, 0) is 0 Å². The topological polar surface area (TPSA) is 41.3 Å². The highest BCUT2D eigenvalue weighted by molar-refractivity contribution is 6.33. The third-order valence-electron chi connectivity index (χ3n) is 3.73. The van der Waals surface area contributed by atoms with Gasteiger partial charge in [-0.05, 0) is 56.6 Å². The molecule has 18 heavy (non-hydrogen) atoms. The van der Waals surface area contributed by atoms with Crippen molar-refractivity contribution in [2.24, 2.45) is 5.92 Å². The number of likely N-dealkylation sites (tertiary alicyclic amines) is 1. The molecule has 1 aliphatic heterocycles. The van der Waals surface area contributed by atoms with Gasteiger partial charge in [0, 0.05) is 12.2 Å². The second-order valence-corrected chi connectivity index (χ2v) is 5.41. The Kier molecular flexibility index (Phi) is 4.72. The summed E-state index contributed by atoms with van der Waals surface area (Å²) in [5.41, 5.74) is 7.38. The van der Waals surface area contributed by atoms with E-state index in [-0.39, 0.29) is 0 Å². The van der Waals surface area contributed by atoms with Crippen LogP contribution in [-0.4, -0.2) is 31.1 Å². The number of nitrogen functional groups attached to an aromatic ring is 1. The Morgan fingerprint density at radius 2 is 2.11 bits per heavy atom. The van der Waals surface area contributed by atoms with Gasteiger partial charge in [-0.3, -0.25) is 0 Å². The highest BCUT2D eigenvalue weighted by Crippen LogP contribution is 2.25. The molecular formula is C14H22ClN3. The van der Waals surface area contributed by atoms with Crippen LogP contribution in [0.25, 0.3) is 0 Å². The van der Waals surface area contributed by atoms with Gasteiger partial charge in [-0.15, -0.1) is 0 Å². The molecule has 0 radical (unpaired) electrons. The molecular weight excluding hydrogens is 246 g/mol. The fourth-order valence-corrected chi connectivity index (χ4v) is 2.69. The number of hydrogen-bond acceptors (Lipinski definition) is 3. The largest absolute Gasteiger partial charge is 0.399 e. The Hall–Kier alpha value is -0.930. The summed E-state index contributed by atoms with van der Waals surface area (Å²) in [7, 11) is 0. The molecule has 0 amide bonds. The van der Waals surface area contributed by atoms with E-state index < -0.39 is 0 Å². The van der Waals surface area contributed by atoms with E-state index in [1.165, 1.54) is 32.5 Å². The van der Waals surface area contributed by atoms with Gasteiger partial charge in [0.2, 0.25) is 0 Å². The maximum absolute atomic E-state index is 6.14. The number of halogens is 1. The number of piperidine rings is 1. The van der Waals surface area contributed by atoms with Crippen LogP contribution in [0.3, 0.4) is 0 Å². The summed E-state index contributed by atoms with van der Waals surface area (Å²) >= 11 is 6.14. The summed E-state index contributed by atoms with van der Waals surface area (Å²) in [5, 5.41) is 4.15. The van der Waals surface area contributed by atoms with Crippen molar-refractivity contribution in [1.29, 1.82) is 0 Å². The minimum absolute atomic E-state index is 0.709. The summed E-state index contributed by atoms with van der Waals surface area (Å²) in [6.45, 7) is 6.84. The lowest BCUT2D eigenvalue weighted by atomic mass is 9.97. The molecule has 0 aliphatic carbocycles. The minimum atomic E-state index is 0.709. The van der Waals surface area contributed by atoms with Gasteiger partial charge >= 0.3 is 0 Å². The third kappa shape index (κ3) is 3.53. The second-order valence-electron chi connectivity index (χ2n) is 5.00. The molecule has 0 atom stereocenters. The third-order valence-corrected chi connectivity index (χ3v) is 4.04. The molecule has 1 aromatic carbocycles. The lowest BCUT2D eigenvalue weighted by Crippen LogP contribution is -2.35. The summed E-state index contributed by atoms with van der Waals surface area (Å²) in [4.78, 5) is 2.51. The zero-order valence-corrected chi connectivity index (χ0v) is 11.7. The lowest BCUT2D eigenvalue weighted by Gasteiger charge is -2.31. The predicted molar refractivity (Wildman–Crippen MR) is 79.2 cm³/mol. The van der Waals surface area contributed by atoms with E-state index in [9.17, 15) is 0 Å². The molecule has 0 bridgehead atoms. The molecule has 1 heterocycles. The molecule has 0 aromatic heterocycles. The molecule has 2 rings (SSSR count). The van der Waals surface area contributed by atoms with Crippen LogP contribution in [0.5, 0.6) is 0 Å². The molecule has 0 spiro atoms. The Morgan fingerprint density at radius 3 is 2.72 bits per heavy atom. The van der Waals surface area contributed by atoms with Gasteiger partial charge in [0.15, 0.2) is 0 Å². The molecule has 0 saturated carbocycles. The number of rotatable bonds is 4. The van der Waals surface area contributed by atoms with Crippen molar-refractivity contribution < 1.29 is 0 Å². The average molecular weight is 268 g/mol. The van der Waals surface area contributed by atoms with Crippen LogP contribution in [0, 0.1) is 5.92 Å². The van der Waals surface area contributed by atoms with E-state index in [1.54, 1.807) is 6.07 Å². The van der Waals surface area contributed by atoms with Gasteiger partial charge in [-0.1, -0.05) is 18.5 Å². The summed E-state index contributed by atoms with van der Waals surface area (Å²) in [6, 6.07) is 5.64. The molecule has 1 saturated heterocycles. The van der Waals surface area contributed by atoms with Crippen molar-refractivity contribution in [1.82, 2.24) is 4.90 Å².